The molecule has 5 heteroatoms. The number of anilines is 1. The Balaban J connectivity index is 1.74. The molecule has 5 nitrogen and oxygen atoms in total. The minimum Gasteiger partial charge on any atom is -0.384 e. The Labute approximate surface area is 118 Å². The summed E-state index contributed by atoms with van der Waals surface area (Å²) in [6.07, 6.45) is 6.21. The van der Waals surface area contributed by atoms with Gasteiger partial charge in [-0.25, -0.2) is 4.98 Å². The van der Waals surface area contributed by atoms with Crippen LogP contribution in [-0.2, 0) is 17.6 Å². The smallest absolute Gasteiger partial charge is 0.140 e. The van der Waals surface area contributed by atoms with Gasteiger partial charge < -0.3 is 15.4 Å². The van der Waals surface area contributed by atoms with Crippen LogP contribution in [0.2, 0.25) is 0 Å². The van der Waals surface area contributed by atoms with E-state index < -0.39 is 0 Å². The van der Waals surface area contributed by atoms with Gasteiger partial charge in [0, 0.05) is 18.8 Å². The molecule has 0 saturated carbocycles. The van der Waals surface area contributed by atoms with Crippen molar-refractivity contribution in [3.63, 3.8) is 0 Å². The molecular formula is C15H20N4O. The number of morpholine rings is 1. The molecule has 2 atom stereocenters. The zero-order valence-corrected chi connectivity index (χ0v) is 11.6. The van der Waals surface area contributed by atoms with Crippen molar-refractivity contribution in [1.82, 2.24) is 4.98 Å². The van der Waals surface area contributed by atoms with Crippen LogP contribution in [0.5, 0.6) is 0 Å². The molecular weight excluding hydrogens is 252 g/mol. The van der Waals surface area contributed by atoms with E-state index in [-0.39, 0.29) is 5.84 Å². The second-order valence-corrected chi connectivity index (χ2v) is 6.10. The first-order valence-corrected chi connectivity index (χ1v) is 7.48. The van der Waals surface area contributed by atoms with E-state index in [1.165, 1.54) is 11.3 Å². The fraction of sp³-hybridized carbons (Fsp3) is 0.600. The highest BCUT2D eigenvalue weighted by atomic mass is 16.5. The van der Waals surface area contributed by atoms with E-state index >= 15 is 0 Å². The van der Waals surface area contributed by atoms with Gasteiger partial charge in [-0.1, -0.05) is 0 Å². The van der Waals surface area contributed by atoms with Gasteiger partial charge in [0.25, 0.3) is 0 Å². The standard InChI is InChI=1S/C15H20N4O/c16-14(17)12-6-9-2-1-3-13(9)18-15(12)19-7-10-4-5-11(8-19)20-10/h6,10-11H,1-5,7-8H2,(H3,16,17). The molecule has 1 aliphatic carbocycles. The number of nitrogen functional groups attached to an aromatic ring is 1. The fourth-order valence-electron chi connectivity index (χ4n) is 3.69. The lowest BCUT2D eigenvalue weighted by Crippen LogP contribution is -2.44. The number of pyridine rings is 1. The number of nitrogens with one attached hydrogen (secondary N) is 1. The number of nitrogens with zero attached hydrogens (tertiary/aromatic N) is 2. The van der Waals surface area contributed by atoms with E-state index in [9.17, 15) is 0 Å². The zero-order chi connectivity index (χ0) is 13.7. The number of hydrogen-bond donors (Lipinski definition) is 2. The van der Waals surface area contributed by atoms with E-state index in [1.54, 1.807) is 0 Å². The summed E-state index contributed by atoms with van der Waals surface area (Å²) < 4.78 is 5.89. The van der Waals surface area contributed by atoms with Crippen molar-refractivity contribution in [3.05, 3.63) is 22.9 Å². The number of hydrogen-bond acceptors (Lipinski definition) is 4. The highest BCUT2D eigenvalue weighted by Crippen LogP contribution is 2.32. The highest BCUT2D eigenvalue weighted by molar-refractivity contribution is 6.00. The van der Waals surface area contributed by atoms with E-state index in [0.29, 0.717) is 12.2 Å². The van der Waals surface area contributed by atoms with Crippen molar-refractivity contribution in [1.29, 1.82) is 5.41 Å². The molecule has 2 bridgehead atoms. The molecule has 2 fully saturated rings. The number of aryl methyl sites for hydroxylation is 2. The van der Waals surface area contributed by atoms with Crippen molar-refractivity contribution in [3.8, 4) is 0 Å². The lowest BCUT2D eigenvalue weighted by molar-refractivity contribution is 0.0302. The van der Waals surface area contributed by atoms with E-state index in [1.807, 2.05) is 0 Å². The average Bonchev–Trinajstić information content (AvgIpc) is 3.03. The number of fused-ring (bicyclic) bond motifs is 3. The Morgan fingerprint density at radius 1 is 1.30 bits per heavy atom. The molecule has 106 valence electrons. The van der Waals surface area contributed by atoms with Gasteiger partial charge in [-0.3, -0.25) is 5.41 Å². The molecule has 2 unspecified atom stereocenters. The van der Waals surface area contributed by atoms with Gasteiger partial charge in [-0.15, -0.1) is 0 Å². The molecule has 20 heavy (non-hydrogen) atoms. The third kappa shape index (κ3) is 1.88. The van der Waals surface area contributed by atoms with E-state index in [2.05, 4.69) is 11.0 Å². The number of ether oxygens (including phenoxy) is 1. The van der Waals surface area contributed by atoms with Gasteiger partial charge in [0.15, 0.2) is 0 Å². The van der Waals surface area contributed by atoms with Crippen molar-refractivity contribution < 1.29 is 4.74 Å². The number of amidine groups is 1. The third-order valence-electron chi connectivity index (χ3n) is 4.66. The SMILES string of the molecule is N=C(N)c1cc2c(nc1N1CC3CCC(C1)O3)CCC2. The molecule has 0 radical (unpaired) electrons. The maximum absolute atomic E-state index is 7.85. The Morgan fingerprint density at radius 2 is 2.05 bits per heavy atom. The first kappa shape index (κ1) is 12.1. The van der Waals surface area contributed by atoms with Gasteiger partial charge in [-0.2, -0.15) is 0 Å². The number of nitrogens with two attached hydrogens (primary N) is 1. The summed E-state index contributed by atoms with van der Waals surface area (Å²) in [6.45, 7) is 1.76. The molecule has 2 saturated heterocycles. The van der Waals surface area contributed by atoms with Crippen molar-refractivity contribution in [2.24, 2.45) is 5.73 Å². The van der Waals surface area contributed by atoms with Gasteiger partial charge in [-0.05, 0) is 43.7 Å². The van der Waals surface area contributed by atoms with E-state index in [4.69, 9.17) is 20.9 Å². The summed E-state index contributed by atoms with van der Waals surface area (Å²) in [5, 5.41) is 7.85. The molecule has 4 rings (SSSR count). The second kappa shape index (κ2) is 4.45. The van der Waals surface area contributed by atoms with Crippen LogP contribution in [0.1, 0.15) is 36.1 Å². The van der Waals surface area contributed by atoms with Crippen LogP contribution in [0.25, 0.3) is 0 Å². The van der Waals surface area contributed by atoms with Crippen LogP contribution in [0.4, 0.5) is 5.82 Å². The summed E-state index contributed by atoms with van der Waals surface area (Å²) in [5.74, 6) is 1.03. The topological polar surface area (TPSA) is 75.2 Å². The van der Waals surface area contributed by atoms with Crippen LogP contribution in [-0.4, -0.2) is 36.1 Å². The maximum atomic E-state index is 7.85. The second-order valence-electron chi connectivity index (χ2n) is 6.10. The summed E-state index contributed by atoms with van der Waals surface area (Å²) in [7, 11) is 0. The van der Waals surface area contributed by atoms with Crippen LogP contribution in [0.3, 0.4) is 0 Å². The molecule has 2 aliphatic heterocycles. The minimum atomic E-state index is 0.126. The average molecular weight is 272 g/mol. The summed E-state index contributed by atoms with van der Waals surface area (Å²) in [4.78, 5) is 7.12. The van der Waals surface area contributed by atoms with Gasteiger partial charge in [0.2, 0.25) is 0 Å². The van der Waals surface area contributed by atoms with Crippen LogP contribution in [0, 0.1) is 5.41 Å². The number of rotatable bonds is 2. The first-order chi connectivity index (χ1) is 9.70. The predicted octanol–water partition coefficient (Wildman–Crippen LogP) is 1.22. The number of aromatic nitrogens is 1. The molecule has 1 aromatic rings. The summed E-state index contributed by atoms with van der Waals surface area (Å²) in [6, 6.07) is 2.09. The minimum absolute atomic E-state index is 0.126. The Hall–Kier alpha value is -1.62. The monoisotopic (exact) mass is 272 g/mol. The van der Waals surface area contributed by atoms with Crippen molar-refractivity contribution in [2.75, 3.05) is 18.0 Å². The lowest BCUT2D eigenvalue weighted by atomic mass is 10.1. The summed E-state index contributed by atoms with van der Waals surface area (Å²) >= 11 is 0. The molecule has 0 amide bonds. The largest absolute Gasteiger partial charge is 0.384 e. The van der Waals surface area contributed by atoms with Crippen molar-refractivity contribution >= 4 is 11.7 Å². The Morgan fingerprint density at radius 3 is 2.75 bits per heavy atom. The van der Waals surface area contributed by atoms with Gasteiger partial charge >= 0.3 is 0 Å². The lowest BCUT2D eigenvalue weighted by Gasteiger charge is -2.34. The molecule has 0 aromatic carbocycles. The fourth-order valence-corrected chi connectivity index (χ4v) is 3.69. The molecule has 1 aromatic heterocycles. The van der Waals surface area contributed by atoms with Crippen LogP contribution < -0.4 is 10.6 Å². The summed E-state index contributed by atoms with van der Waals surface area (Å²) in [5.41, 5.74) is 9.06. The normalized spacial score (nSPS) is 27.7. The molecule has 3 N–H and O–H groups in total. The molecule has 0 spiro atoms. The van der Waals surface area contributed by atoms with E-state index in [0.717, 1.165) is 56.6 Å². The third-order valence-corrected chi connectivity index (χ3v) is 4.66. The molecule has 3 aliphatic rings. The van der Waals surface area contributed by atoms with Gasteiger partial charge in [0.05, 0.1) is 17.8 Å². The Kier molecular flexibility index (Phi) is 2.70. The zero-order valence-electron chi connectivity index (χ0n) is 11.6. The van der Waals surface area contributed by atoms with Crippen LogP contribution in [0.15, 0.2) is 6.07 Å². The molecule has 3 heterocycles. The maximum Gasteiger partial charge on any atom is 0.140 e. The highest BCUT2D eigenvalue weighted by Gasteiger charge is 2.35. The van der Waals surface area contributed by atoms with Gasteiger partial charge in [0.1, 0.15) is 11.7 Å². The van der Waals surface area contributed by atoms with Crippen LogP contribution >= 0.6 is 0 Å². The quantitative estimate of drug-likeness (QED) is 0.627. The first-order valence-electron chi connectivity index (χ1n) is 7.48. The van der Waals surface area contributed by atoms with Crippen molar-refractivity contribution in [2.45, 2.75) is 44.3 Å². The Bertz CT molecular complexity index is 559. The predicted molar refractivity (Wildman–Crippen MR) is 77.4 cm³/mol.